The highest BCUT2D eigenvalue weighted by Crippen LogP contribution is 2.39. The minimum atomic E-state index is 0.111. The topological polar surface area (TPSA) is 82.8 Å². The van der Waals surface area contributed by atoms with Crippen molar-refractivity contribution in [2.45, 2.75) is 56.4 Å². The predicted molar refractivity (Wildman–Crippen MR) is 98.0 cm³/mol. The molecule has 0 saturated heterocycles. The van der Waals surface area contributed by atoms with E-state index in [-0.39, 0.29) is 12.0 Å². The molecule has 2 aliphatic rings. The lowest BCUT2D eigenvalue weighted by atomic mass is 9.85. The second-order valence-electron chi connectivity index (χ2n) is 7.49. The predicted octanol–water partition coefficient (Wildman–Crippen LogP) is 3.78. The van der Waals surface area contributed by atoms with Crippen molar-refractivity contribution >= 4 is 0 Å². The van der Waals surface area contributed by atoms with Crippen molar-refractivity contribution in [2.75, 3.05) is 0 Å². The van der Waals surface area contributed by atoms with E-state index < -0.39 is 0 Å². The van der Waals surface area contributed by atoms with Gasteiger partial charge in [0.15, 0.2) is 0 Å². The Morgan fingerprint density at radius 3 is 2.73 bits per heavy atom. The summed E-state index contributed by atoms with van der Waals surface area (Å²) in [4.78, 5) is 4.70. The van der Waals surface area contributed by atoms with Crippen LogP contribution in [-0.2, 0) is 0 Å². The summed E-state index contributed by atoms with van der Waals surface area (Å²) in [6.45, 7) is 0. The van der Waals surface area contributed by atoms with Crippen molar-refractivity contribution in [2.24, 2.45) is 5.73 Å². The van der Waals surface area contributed by atoms with Crippen molar-refractivity contribution in [1.29, 1.82) is 0 Å². The molecule has 2 saturated carbocycles. The van der Waals surface area contributed by atoms with Gasteiger partial charge in [-0.25, -0.2) is 4.68 Å². The maximum Gasteiger partial charge on any atom is 0.231 e. The molecule has 26 heavy (non-hydrogen) atoms. The Morgan fingerprint density at radius 1 is 1.04 bits per heavy atom. The number of nitrogens with zero attached hydrogens (tertiary/aromatic N) is 4. The average molecular weight is 349 g/mol. The van der Waals surface area contributed by atoms with Crippen LogP contribution in [0.2, 0.25) is 0 Å². The third kappa shape index (κ3) is 2.84. The van der Waals surface area contributed by atoms with Gasteiger partial charge < -0.3 is 10.3 Å². The lowest BCUT2D eigenvalue weighted by Crippen LogP contribution is -2.31. The van der Waals surface area contributed by atoms with Gasteiger partial charge in [0, 0.05) is 23.7 Å². The Hall–Kier alpha value is -2.47. The average Bonchev–Trinajstić information content (AvgIpc) is 3.20. The highest BCUT2D eigenvalue weighted by molar-refractivity contribution is 5.66. The first-order valence-electron chi connectivity index (χ1n) is 9.54. The molecule has 5 rings (SSSR count). The van der Waals surface area contributed by atoms with Gasteiger partial charge in [-0.15, -0.1) is 0 Å². The molecule has 0 bridgehead atoms. The SMILES string of the molecule is N[C@@H]1CCCC[C@@H]1c1nc(-c2ccccc2-n2ccc(C3CC3)n2)no1. The standard InChI is InChI=1S/C20H23N5O/c21-16-7-3-1-5-14(16)20-22-19(24-26-20)15-6-2-4-8-18(15)25-12-11-17(23-25)13-9-10-13/h2,4,6,8,11-14,16H,1,3,5,7,9-10,21H2/t14-,16+/m0/s1. The zero-order valence-corrected chi connectivity index (χ0v) is 14.7. The lowest BCUT2D eigenvalue weighted by molar-refractivity contribution is 0.290. The molecule has 2 aromatic heterocycles. The molecule has 2 aliphatic carbocycles. The van der Waals surface area contributed by atoms with E-state index in [1.54, 1.807) is 0 Å². The Kier molecular flexibility index (Phi) is 3.85. The van der Waals surface area contributed by atoms with E-state index in [2.05, 4.69) is 11.2 Å². The van der Waals surface area contributed by atoms with Crippen LogP contribution in [-0.4, -0.2) is 26.0 Å². The molecule has 3 aromatic rings. The van der Waals surface area contributed by atoms with Gasteiger partial charge in [0.1, 0.15) is 0 Å². The van der Waals surface area contributed by atoms with Crippen LogP contribution in [0.15, 0.2) is 41.1 Å². The van der Waals surface area contributed by atoms with Gasteiger partial charge in [-0.3, -0.25) is 0 Å². The van der Waals surface area contributed by atoms with Crippen LogP contribution in [0.25, 0.3) is 17.1 Å². The van der Waals surface area contributed by atoms with Gasteiger partial charge in [0.05, 0.1) is 17.3 Å². The second kappa shape index (κ2) is 6.36. The third-order valence-corrected chi connectivity index (χ3v) is 5.58. The van der Waals surface area contributed by atoms with Crippen molar-refractivity contribution < 1.29 is 4.52 Å². The molecule has 0 aliphatic heterocycles. The van der Waals surface area contributed by atoms with Gasteiger partial charge in [-0.05, 0) is 43.9 Å². The van der Waals surface area contributed by atoms with Crippen molar-refractivity contribution in [3.63, 3.8) is 0 Å². The van der Waals surface area contributed by atoms with E-state index in [1.807, 2.05) is 35.1 Å². The number of benzene rings is 1. The van der Waals surface area contributed by atoms with Gasteiger partial charge in [-0.2, -0.15) is 10.1 Å². The largest absolute Gasteiger partial charge is 0.339 e. The number of hydrogen-bond acceptors (Lipinski definition) is 5. The molecule has 0 radical (unpaired) electrons. The van der Waals surface area contributed by atoms with Crippen LogP contribution in [0.4, 0.5) is 0 Å². The minimum Gasteiger partial charge on any atom is -0.339 e. The van der Waals surface area contributed by atoms with Crippen LogP contribution in [0.1, 0.15) is 61.9 Å². The summed E-state index contributed by atoms with van der Waals surface area (Å²) in [6, 6.07) is 10.3. The summed E-state index contributed by atoms with van der Waals surface area (Å²) in [7, 11) is 0. The number of para-hydroxylation sites is 1. The smallest absolute Gasteiger partial charge is 0.231 e. The summed E-state index contributed by atoms with van der Waals surface area (Å²) in [5.74, 6) is 2.08. The summed E-state index contributed by atoms with van der Waals surface area (Å²) < 4.78 is 7.52. The first kappa shape index (κ1) is 15.8. The number of rotatable bonds is 4. The molecule has 0 amide bonds. The molecule has 2 fully saturated rings. The Balaban J connectivity index is 1.48. The Morgan fingerprint density at radius 2 is 1.88 bits per heavy atom. The van der Waals surface area contributed by atoms with Crippen LogP contribution in [0.3, 0.4) is 0 Å². The molecular formula is C20H23N5O. The fraction of sp³-hybridized carbons (Fsp3) is 0.450. The zero-order valence-electron chi connectivity index (χ0n) is 14.7. The molecule has 6 heteroatoms. The zero-order chi connectivity index (χ0) is 17.5. The summed E-state index contributed by atoms with van der Waals surface area (Å²) in [6.07, 6.45) is 8.91. The van der Waals surface area contributed by atoms with Crippen molar-refractivity contribution in [1.82, 2.24) is 19.9 Å². The normalized spacial score (nSPS) is 23.3. The van der Waals surface area contributed by atoms with E-state index in [4.69, 9.17) is 20.3 Å². The van der Waals surface area contributed by atoms with E-state index in [9.17, 15) is 0 Å². The molecule has 0 spiro atoms. The molecule has 1 aromatic carbocycles. The van der Waals surface area contributed by atoms with E-state index in [1.165, 1.54) is 31.4 Å². The molecule has 2 atom stereocenters. The second-order valence-corrected chi connectivity index (χ2v) is 7.49. The van der Waals surface area contributed by atoms with Crippen LogP contribution < -0.4 is 5.73 Å². The highest BCUT2D eigenvalue weighted by atomic mass is 16.5. The van der Waals surface area contributed by atoms with Gasteiger partial charge >= 0.3 is 0 Å². The van der Waals surface area contributed by atoms with Crippen molar-refractivity contribution in [3.8, 4) is 17.1 Å². The fourth-order valence-electron chi connectivity index (χ4n) is 3.89. The van der Waals surface area contributed by atoms with Crippen LogP contribution in [0, 0.1) is 0 Å². The van der Waals surface area contributed by atoms with Crippen LogP contribution >= 0.6 is 0 Å². The molecular weight excluding hydrogens is 326 g/mol. The first-order chi connectivity index (χ1) is 12.8. The quantitative estimate of drug-likeness (QED) is 0.775. The van der Waals surface area contributed by atoms with E-state index >= 15 is 0 Å². The van der Waals surface area contributed by atoms with E-state index in [0.717, 1.165) is 24.1 Å². The maximum absolute atomic E-state index is 6.27. The van der Waals surface area contributed by atoms with Gasteiger partial charge in [0.2, 0.25) is 11.7 Å². The molecule has 2 N–H and O–H groups in total. The molecule has 0 unspecified atom stereocenters. The van der Waals surface area contributed by atoms with Crippen molar-refractivity contribution in [3.05, 3.63) is 48.1 Å². The van der Waals surface area contributed by atoms with Gasteiger partial charge in [0.25, 0.3) is 0 Å². The summed E-state index contributed by atoms with van der Waals surface area (Å²) in [5.41, 5.74) is 9.34. The van der Waals surface area contributed by atoms with Crippen LogP contribution in [0.5, 0.6) is 0 Å². The Bertz CT molecular complexity index is 910. The molecule has 134 valence electrons. The lowest BCUT2D eigenvalue weighted by Gasteiger charge is -2.25. The molecule has 2 heterocycles. The summed E-state index contributed by atoms with van der Waals surface area (Å²) in [5, 5.41) is 9.00. The summed E-state index contributed by atoms with van der Waals surface area (Å²) >= 11 is 0. The number of nitrogens with two attached hydrogens (primary N) is 1. The maximum atomic E-state index is 6.27. The first-order valence-corrected chi connectivity index (χ1v) is 9.54. The number of hydrogen-bond donors (Lipinski definition) is 1. The van der Waals surface area contributed by atoms with Gasteiger partial charge in [-0.1, -0.05) is 30.1 Å². The highest BCUT2D eigenvalue weighted by Gasteiger charge is 2.29. The Labute approximate surface area is 152 Å². The monoisotopic (exact) mass is 349 g/mol. The third-order valence-electron chi connectivity index (χ3n) is 5.58. The van der Waals surface area contributed by atoms with E-state index in [0.29, 0.717) is 17.6 Å². The number of aromatic nitrogens is 4. The molecule has 6 nitrogen and oxygen atoms in total. The fourth-order valence-corrected chi connectivity index (χ4v) is 3.89. The minimum absolute atomic E-state index is 0.111.